The fourth-order valence-corrected chi connectivity index (χ4v) is 1.06. The van der Waals surface area contributed by atoms with E-state index in [9.17, 15) is 0 Å². The Morgan fingerprint density at radius 2 is 2.43 bits per heavy atom. The predicted molar refractivity (Wildman–Crippen MR) is 56.0 cm³/mol. The van der Waals surface area contributed by atoms with Gasteiger partial charge in [-0.25, -0.2) is 4.98 Å². The van der Waals surface area contributed by atoms with Crippen LogP contribution < -0.4 is 5.32 Å². The Bertz CT molecular complexity index is 221. The summed E-state index contributed by atoms with van der Waals surface area (Å²) in [5.74, 6) is 1.58. The number of H-pyrrole nitrogens is 1. The molecule has 0 aromatic carbocycles. The van der Waals surface area contributed by atoms with Crippen LogP contribution in [0.4, 0.5) is 0 Å². The molecule has 4 heteroatoms. The summed E-state index contributed by atoms with van der Waals surface area (Å²) in [5, 5.41) is 3.24. The molecule has 0 fully saturated rings. The van der Waals surface area contributed by atoms with Gasteiger partial charge in [0.15, 0.2) is 0 Å². The summed E-state index contributed by atoms with van der Waals surface area (Å²) >= 11 is 0. The molecule has 2 N–H and O–H groups in total. The molecule has 1 aromatic heterocycles. The molecule has 1 rings (SSSR count). The van der Waals surface area contributed by atoms with Gasteiger partial charge in [0, 0.05) is 25.5 Å². The molecule has 0 unspecified atom stereocenters. The molecule has 0 spiro atoms. The lowest BCUT2D eigenvalue weighted by atomic mass is 10.2. The van der Waals surface area contributed by atoms with Crippen molar-refractivity contribution < 1.29 is 4.74 Å². The van der Waals surface area contributed by atoms with Gasteiger partial charge < -0.3 is 15.0 Å². The van der Waals surface area contributed by atoms with Crippen molar-refractivity contribution in [2.75, 3.05) is 19.8 Å². The second-order valence-corrected chi connectivity index (χ2v) is 3.68. The van der Waals surface area contributed by atoms with Gasteiger partial charge in [-0.1, -0.05) is 13.8 Å². The summed E-state index contributed by atoms with van der Waals surface area (Å²) in [6, 6.07) is 0. The largest absolute Gasteiger partial charge is 0.380 e. The number of aromatic amines is 1. The molecule has 80 valence electrons. The van der Waals surface area contributed by atoms with Crippen LogP contribution in [0.2, 0.25) is 0 Å². The number of ether oxygens (including phenoxy) is 1. The first kappa shape index (κ1) is 11.2. The second-order valence-electron chi connectivity index (χ2n) is 3.68. The number of imidazole rings is 1. The molecule has 0 saturated carbocycles. The molecule has 0 radical (unpaired) electrons. The van der Waals surface area contributed by atoms with Crippen LogP contribution in [0.25, 0.3) is 0 Å². The minimum atomic E-state index is 0.611. The maximum atomic E-state index is 5.42. The Hall–Kier alpha value is -0.870. The van der Waals surface area contributed by atoms with Gasteiger partial charge >= 0.3 is 0 Å². The molecule has 4 nitrogen and oxygen atoms in total. The number of aromatic nitrogens is 2. The SMILES string of the molecule is CC(C)COCCNCc1ncc[nH]1. The third-order valence-corrected chi connectivity index (χ3v) is 1.72. The zero-order valence-corrected chi connectivity index (χ0v) is 8.92. The zero-order valence-electron chi connectivity index (χ0n) is 8.92. The molecule has 0 aliphatic rings. The van der Waals surface area contributed by atoms with Crippen molar-refractivity contribution in [3.8, 4) is 0 Å². The highest BCUT2D eigenvalue weighted by Crippen LogP contribution is 1.91. The van der Waals surface area contributed by atoms with E-state index in [-0.39, 0.29) is 0 Å². The molecule has 1 heterocycles. The van der Waals surface area contributed by atoms with E-state index in [1.54, 1.807) is 6.20 Å². The van der Waals surface area contributed by atoms with Crippen molar-refractivity contribution in [3.63, 3.8) is 0 Å². The average Bonchev–Trinajstić information content (AvgIpc) is 2.63. The van der Waals surface area contributed by atoms with Crippen molar-refractivity contribution >= 4 is 0 Å². The zero-order chi connectivity index (χ0) is 10.2. The average molecular weight is 197 g/mol. The summed E-state index contributed by atoms with van der Waals surface area (Å²) in [6.07, 6.45) is 3.58. The van der Waals surface area contributed by atoms with Gasteiger partial charge in [-0.2, -0.15) is 0 Å². The lowest BCUT2D eigenvalue weighted by Gasteiger charge is -2.06. The van der Waals surface area contributed by atoms with Gasteiger partial charge in [0.2, 0.25) is 0 Å². The molecule has 0 aliphatic carbocycles. The van der Waals surface area contributed by atoms with Crippen LogP contribution in [0.5, 0.6) is 0 Å². The first-order chi connectivity index (χ1) is 6.79. The maximum Gasteiger partial charge on any atom is 0.120 e. The molecule has 1 aromatic rings. The summed E-state index contributed by atoms with van der Waals surface area (Å²) < 4.78 is 5.42. The topological polar surface area (TPSA) is 49.9 Å². The normalized spacial score (nSPS) is 11.1. The van der Waals surface area contributed by atoms with Crippen LogP contribution in [0.1, 0.15) is 19.7 Å². The van der Waals surface area contributed by atoms with Crippen molar-refractivity contribution in [2.45, 2.75) is 20.4 Å². The molecule has 0 bridgehead atoms. The lowest BCUT2D eigenvalue weighted by molar-refractivity contribution is 0.111. The van der Waals surface area contributed by atoms with E-state index in [0.29, 0.717) is 5.92 Å². The quantitative estimate of drug-likeness (QED) is 0.645. The minimum Gasteiger partial charge on any atom is -0.380 e. The maximum absolute atomic E-state index is 5.42. The van der Waals surface area contributed by atoms with Crippen molar-refractivity contribution in [2.24, 2.45) is 5.92 Å². The number of nitrogens with zero attached hydrogens (tertiary/aromatic N) is 1. The van der Waals surface area contributed by atoms with Crippen LogP contribution in [-0.4, -0.2) is 29.7 Å². The Labute approximate surface area is 85.1 Å². The highest BCUT2D eigenvalue weighted by Gasteiger charge is 1.95. The van der Waals surface area contributed by atoms with Crippen LogP contribution >= 0.6 is 0 Å². The fourth-order valence-electron chi connectivity index (χ4n) is 1.06. The van der Waals surface area contributed by atoms with Crippen molar-refractivity contribution in [3.05, 3.63) is 18.2 Å². The minimum absolute atomic E-state index is 0.611. The van der Waals surface area contributed by atoms with E-state index in [1.807, 2.05) is 6.20 Å². The summed E-state index contributed by atoms with van der Waals surface area (Å²) in [5.41, 5.74) is 0. The van der Waals surface area contributed by atoms with E-state index >= 15 is 0 Å². The molecule has 0 aliphatic heterocycles. The predicted octanol–water partition coefficient (Wildman–Crippen LogP) is 1.17. The third-order valence-electron chi connectivity index (χ3n) is 1.72. The number of rotatable bonds is 7. The molecular weight excluding hydrogens is 178 g/mol. The summed E-state index contributed by atoms with van der Waals surface area (Å²) in [4.78, 5) is 7.14. The highest BCUT2D eigenvalue weighted by atomic mass is 16.5. The Morgan fingerprint density at radius 3 is 3.07 bits per heavy atom. The van der Waals surface area contributed by atoms with Crippen LogP contribution in [0.15, 0.2) is 12.4 Å². The van der Waals surface area contributed by atoms with E-state index in [4.69, 9.17) is 4.74 Å². The van der Waals surface area contributed by atoms with E-state index in [2.05, 4.69) is 29.1 Å². The van der Waals surface area contributed by atoms with E-state index in [0.717, 1.165) is 32.1 Å². The summed E-state index contributed by atoms with van der Waals surface area (Å²) in [6.45, 7) is 7.54. The molecular formula is C10H19N3O. The first-order valence-corrected chi connectivity index (χ1v) is 5.05. The van der Waals surface area contributed by atoms with Gasteiger partial charge in [0.1, 0.15) is 5.82 Å². The molecule has 14 heavy (non-hydrogen) atoms. The smallest absolute Gasteiger partial charge is 0.120 e. The van der Waals surface area contributed by atoms with Gasteiger partial charge in [0.05, 0.1) is 13.2 Å². The van der Waals surface area contributed by atoms with E-state index in [1.165, 1.54) is 0 Å². The third kappa shape index (κ3) is 4.99. The van der Waals surface area contributed by atoms with Gasteiger partial charge in [0.25, 0.3) is 0 Å². The van der Waals surface area contributed by atoms with Crippen molar-refractivity contribution in [1.29, 1.82) is 0 Å². The van der Waals surface area contributed by atoms with Gasteiger partial charge in [-0.05, 0) is 5.92 Å². The Morgan fingerprint density at radius 1 is 1.57 bits per heavy atom. The number of hydrogen-bond donors (Lipinski definition) is 2. The standard InChI is InChI=1S/C10H19N3O/c1-9(2)8-14-6-5-11-7-10-12-3-4-13-10/h3-4,9,11H,5-8H2,1-2H3,(H,12,13). The Balaban J connectivity index is 1.90. The monoisotopic (exact) mass is 197 g/mol. The van der Waals surface area contributed by atoms with Crippen LogP contribution in [-0.2, 0) is 11.3 Å². The van der Waals surface area contributed by atoms with Crippen LogP contribution in [0, 0.1) is 5.92 Å². The first-order valence-electron chi connectivity index (χ1n) is 5.05. The van der Waals surface area contributed by atoms with E-state index < -0.39 is 0 Å². The number of hydrogen-bond acceptors (Lipinski definition) is 3. The Kier molecular flexibility index (Phi) is 5.25. The fraction of sp³-hybridized carbons (Fsp3) is 0.700. The summed E-state index contributed by atoms with van der Waals surface area (Å²) in [7, 11) is 0. The molecule has 0 atom stereocenters. The second kappa shape index (κ2) is 6.56. The van der Waals surface area contributed by atoms with Crippen LogP contribution in [0.3, 0.4) is 0 Å². The van der Waals surface area contributed by atoms with Crippen molar-refractivity contribution in [1.82, 2.24) is 15.3 Å². The molecule has 0 saturated heterocycles. The van der Waals surface area contributed by atoms with Gasteiger partial charge in [-0.3, -0.25) is 0 Å². The highest BCUT2D eigenvalue weighted by molar-refractivity contribution is 4.85. The number of nitrogens with one attached hydrogen (secondary N) is 2. The lowest BCUT2D eigenvalue weighted by Crippen LogP contribution is -2.20. The molecule has 0 amide bonds. The van der Waals surface area contributed by atoms with Gasteiger partial charge in [-0.15, -0.1) is 0 Å².